The molecule has 0 atom stereocenters. The van der Waals surface area contributed by atoms with Crippen molar-refractivity contribution < 1.29 is 4.74 Å². The summed E-state index contributed by atoms with van der Waals surface area (Å²) in [6.45, 7) is 1.25. The molecule has 4 nitrogen and oxygen atoms in total. The summed E-state index contributed by atoms with van der Waals surface area (Å²) < 4.78 is 8.08. The molecule has 124 valence electrons. The third kappa shape index (κ3) is 3.48. The summed E-state index contributed by atoms with van der Waals surface area (Å²) in [5.74, 6) is 0.851. The molecule has 25 heavy (non-hydrogen) atoms. The predicted octanol–water partition coefficient (Wildman–Crippen LogP) is 4.25. The highest BCUT2D eigenvalue weighted by molar-refractivity contribution is 5.83. The van der Waals surface area contributed by atoms with Crippen molar-refractivity contribution in [1.29, 1.82) is 0 Å². The van der Waals surface area contributed by atoms with Crippen molar-refractivity contribution in [2.75, 3.05) is 5.73 Å². The van der Waals surface area contributed by atoms with Gasteiger partial charge in [0.25, 0.3) is 0 Å². The second-order valence-corrected chi connectivity index (χ2v) is 6.02. The summed E-state index contributed by atoms with van der Waals surface area (Å²) in [6.07, 6.45) is 3.87. The predicted molar refractivity (Wildman–Crippen MR) is 100 cm³/mol. The van der Waals surface area contributed by atoms with Gasteiger partial charge in [-0.3, -0.25) is 4.98 Å². The molecule has 0 unspecified atom stereocenters. The van der Waals surface area contributed by atoms with Gasteiger partial charge >= 0.3 is 0 Å². The van der Waals surface area contributed by atoms with Gasteiger partial charge in [0.05, 0.1) is 5.69 Å². The van der Waals surface area contributed by atoms with Crippen molar-refractivity contribution in [3.63, 3.8) is 0 Å². The van der Waals surface area contributed by atoms with Crippen LogP contribution in [0.15, 0.2) is 79.1 Å². The molecule has 0 saturated carbocycles. The van der Waals surface area contributed by atoms with Crippen LogP contribution in [0.25, 0.3) is 10.9 Å². The number of pyridine rings is 1. The number of aromatic nitrogens is 2. The first kappa shape index (κ1) is 15.3. The summed E-state index contributed by atoms with van der Waals surface area (Å²) in [6, 6.07) is 22.1. The van der Waals surface area contributed by atoms with E-state index >= 15 is 0 Å². The normalized spacial score (nSPS) is 10.9. The van der Waals surface area contributed by atoms with Gasteiger partial charge < -0.3 is 15.0 Å². The van der Waals surface area contributed by atoms with E-state index in [1.54, 1.807) is 6.20 Å². The van der Waals surface area contributed by atoms with Crippen LogP contribution in [-0.2, 0) is 13.2 Å². The number of hydrogen-bond donors (Lipinski definition) is 1. The summed E-state index contributed by atoms with van der Waals surface area (Å²) in [5.41, 5.74) is 9.92. The number of fused-ring (bicyclic) bond motifs is 1. The molecule has 0 aliphatic rings. The van der Waals surface area contributed by atoms with Crippen LogP contribution in [0.3, 0.4) is 0 Å². The largest absolute Gasteiger partial charge is 0.487 e. The Morgan fingerprint density at radius 3 is 2.80 bits per heavy atom. The third-order valence-electron chi connectivity index (χ3n) is 4.16. The van der Waals surface area contributed by atoms with Crippen molar-refractivity contribution in [2.45, 2.75) is 13.2 Å². The lowest BCUT2D eigenvalue weighted by Gasteiger charge is -2.09. The van der Waals surface area contributed by atoms with Crippen molar-refractivity contribution >= 4 is 16.6 Å². The number of rotatable bonds is 5. The van der Waals surface area contributed by atoms with E-state index in [1.807, 2.05) is 42.5 Å². The van der Waals surface area contributed by atoms with Crippen LogP contribution in [0.1, 0.15) is 11.3 Å². The Bertz CT molecular complexity index is 992. The van der Waals surface area contributed by atoms with Gasteiger partial charge in [-0.05, 0) is 54.1 Å². The number of nitrogens with two attached hydrogens (primary N) is 1. The maximum atomic E-state index is 5.87. The van der Waals surface area contributed by atoms with Crippen LogP contribution in [0.2, 0.25) is 0 Å². The molecular formula is C21H19N3O. The Balaban J connectivity index is 1.51. The average molecular weight is 329 g/mol. The molecule has 0 aliphatic carbocycles. The minimum atomic E-state index is 0.468. The van der Waals surface area contributed by atoms with Gasteiger partial charge in [0, 0.05) is 35.5 Å². The Kier molecular flexibility index (Phi) is 4.09. The first-order valence-corrected chi connectivity index (χ1v) is 8.24. The standard InChI is InChI=1S/C21H19N3O/c22-18-7-8-21-17(13-18)9-11-24(21)14-16-4-3-6-20(12-16)25-15-19-5-1-2-10-23-19/h1-13H,14-15,22H2. The molecular weight excluding hydrogens is 310 g/mol. The monoisotopic (exact) mass is 329 g/mol. The topological polar surface area (TPSA) is 53.1 Å². The molecule has 4 aromatic rings. The average Bonchev–Trinajstić information content (AvgIpc) is 3.03. The van der Waals surface area contributed by atoms with E-state index in [0.29, 0.717) is 6.61 Å². The van der Waals surface area contributed by atoms with Crippen LogP contribution < -0.4 is 10.5 Å². The second-order valence-electron chi connectivity index (χ2n) is 6.02. The molecule has 0 spiro atoms. The molecule has 0 bridgehead atoms. The molecule has 4 heteroatoms. The number of ether oxygens (including phenoxy) is 1. The fourth-order valence-corrected chi connectivity index (χ4v) is 2.93. The van der Waals surface area contributed by atoms with Gasteiger partial charge in [-0.1, -0.05) is 18.2 Å². The van der Waals surface area contributed by atoms with E-state index in [0.717, 1.165) is 29.1 Å². The van der Waals surface area contributed by atoms with E-state index in [9.17, 15) is 0 Å². The van der Waals surface area contributed by atoms with Crippen LogP contribution in [-0.4, -0.2) is 9.55 Å². The number of hydrogen-bond acceptors (Lipinski definition) is 3. The number of benzene rings is 2. The highest BCUT2D eigenvalue weighted by Crippen LogP contribution is 2.21. The first-order valence-electron chi connectivity index (χ1n) is 8.24. The van der Waals surface area contributed by atoms with Gasteiger partial charge in [-0.15, -0.1) is 0 Å². The van der Waals surface area contributed by atoms with Crippen molar-refractivity contribution in [3.05, 3.63) is 90.4 Å². The lowest BCUT2D eigenvalue weighted by atomic mass is 10.2. The molecule has 0 saturated heterocycles. The Hall–Kier alpha value is -3.27. The van der Waals surface area contributed by atoms with Crippen molar-refractivity contribution in [3.8, 4) is 5.75 Å². The van der Waals surface area contributed by atoms with E-state index < -0.39 is 0 Å². The van der Waals surface area contributed by atoms with E-state index in [4.69, 9.17) is 10.5 Å². The molecule has 2 N–H and O–H groups in total. The molecule has 2 aromatic carbocycles. The van der Waals surface area contributed by atoms with E-state index in [2.05, 4.69) is 40.0 Å². The summed E-state index contributed by atoms with van der Waals surface area (Å²) in [4.78, 5) is 4.28. The molecule has 0 amide bonds. The second kappa shape index (κ2) is 6.69. The zero-order valence-corrected chi connectivity index (χ0v) is 13.8. The zero-order valence-electron chi connectivity index (χ0n) is 13.8. The maximum absolute atomic E-state index is 5.87. The Labute approximate surface area is 146 Å². The Morgan fingerprint density at radius 1 is 0.960 bits per heavy atom. The van der Waals surface area contributed by atoms with Gasteiger partial charge in [0.1, 0.15) is 12.4 Å². The fourth-order valence-electron chi connectivity index (χ4n) is 2.93. The number of nitrogen functional groups attached to an aromatic ring is 1. The summed E-state index contributed by atoms with van der Waals surface area (Å²) >= 11 is 0. The molecule has 4 rings (SSSR count). The van der Waals surface area contributed by atoms with Crippen molar-refractivity contribution in [1.82, 2.24) is 9.55 Å². The van der Waals surface area contributed by atoms with Gasteiger partial charge in [0.2, 0.25) is 0 Å². The minimum Gasteiger partial charge on any atom is -0.487 e. The fraction of sp³-hybridized carbons (Fsp3) is 0.0952. The first-order chi connectivity index (χ1) is 12.3. The highest BCUT2D eigenvalue weighted by atomic mass is 16.5. The maximum Gasteiger partial charge on any atom is 0.130 e. The third-order valence-corrected chi connectivity index (χ3v) is 4.16. The van der Waals surface area contributed by atoms with Gasteiger partial charge in [-0.25, -0.2) is 0 Å². The van der Waals surface area contributed by atoms with Gasteiger partial charge in [-0.2, -0.15) is 0 Å². The quantitative estimate of drug-likeness (QED) is 0.557. The molecule has 0 aliphatic heterocycles. The molecule has 0 fully saturated rings. The molecule has 2 aromatic heterocycles. The smallest absolute Gasteiger partial charge is 0.130 e. The van der Waals surface area contributed by atoms with Crippen LogP contribution >= 0.6 is 0 Å². The number of nitrogens with zero attached hydrogens (tertiary/aromatic N) is 2. The van der Waals surface area contributed by atoms with Crippen LogP contribution in [0.5, 0.6) is 5.75 Å². The van der Waals surface area contributed by atoms with Crippen LogP contribution in [0.4, 0.5) is 5.69 Å². The minimum absolute atomic E-state index is 0.468. The summed E-state index contributed by atoms with van der Waals surface area (Å²) in [5, 5.41) is 1.16. The number of anilines is 1. The van der Waals surface area contributed by atoms with E-state index in [1.165, 1.54) is 11.1 Å². The lowest BCUT2D eigenvalue weighted by molar-refractivity contribution is 0.301. The molecule has 2 heterocycles. The summed E-state index contributed by atoms with van der Waals surface area (Å²) in [7, 11) is 0. The lowest BCUT2D eigenvalue weighted by Crippen LogP contribution is -2.00. The Morgan fingerprint density at radius 2 is 1.92 bits per heavy atom. The zero-order chi connectivity index (χ0) is 17.1. The van der Waals surface area contributed by atoms with Crippen molar-refractivity contribution in [2.24, 2.45) is 0 Å². The van der Waals surface area contributed by atoms with E-state index in [-0.39, 0.29) is 0 Å². The van der Waals surface area contributed by atoms with Gasteiger partial charge in [0.15, 0.2) is 0 Å². The van der Waals surface area contributed by atoms with Crippen LogP contribution in [0, 0.1) is 0 Å². The SMILES string of the molecule is Nc1ccc2c(ccn2Cc2cccc(OCc3ccccn3)c2)c1. The molecule has 0 radical (unpaired) electrons. The highest BCUT2D eigenvalue weighted by Gasteiger charge is 2.04.